The highest BCUT2D eigenvalue weighted by molar-refractivity contribution is 7.71. The Labute approximate surface area is 61.7 Å². The van der Waals surface area contributed by atoms with Crippen LogP contribution in [-0.2, 0) is 0 Å². The lowest BCUT2D eigenvalue weighted by Crippen LogP contribution is -1.76. The van der Waals surface area contributed by atoms with Crippen LogP contribution >= 0.6 is 12.2 Å². The average molecular weight is 152 g/mol. The number of furan rings is 1. The molecule has 10 heavy (non-hydrogen) atoms. The van der Waals surface area contributed by atoms with Gasteiger partial charge in [-0.2, -0.15) is 0 Å². The van der Waals surface area contributed by atoms with Crippen molar-refractivity contribution in [1.29, 1.82) is 0 Å². The van der Waals surface area contributed by atoms with Crippen LogP contribution in [0.3, 0.4) is 0 Å². The van der Waals surface area contributed by atoms with Gasteiger partial charge < -0.3 is 9.40 Å². The van der Waals surface area contributed by atoms with Gasteiger partial charge in [0.05, 0.1) is 18.0 Å². The minimum atomic E-state index is 0.572. The smallest absolute Gasteiger partial charge is 0.208 e. The van der Waals surface area contributed by atoms with Crippen LogP contribution in [0.5, 0.6) is 0 Å². The van der Waals surface area contributed by atoms with Crippen LogP contribution in [0.4, 0.5) is 0 Å². The Morgan fingerprint density at radius 1 is 1.60 bits per heavy atom. The van der Waals surface area contributed by atoms with E-state index in [2.05, 4.69) is 9.97 Å². The molecule has 0 radical (unpaired) electrons. The molecule has 0 saturated heterocycles. The third-order valence-electron chi connectivity index (χ3n) is 1.27. The van der Waals surface area contributed by atoms with E-state index in [0.717, 1.165) is 5.39 Å². The number of H-pyrrole nitrogens is 1. The molecule has 2 aromatic heterocycles. The topological polar surface area (TPSA) is 41.8 Å². The van der Waals surface area contributed by atoms with E-state index < -0.39 is 0 Å². The van der Waals surface area contributed by atoms with Crippen LogP contribution in [0.1, 0.15) is 0 Å². The first-order chi connectivity index (χ1) is 4.88. The zero-order chi connectivity index (χ0) is 6.97. The lowest BCUT2D eigenvalue weighted by atomic mass is 10.4. The number of hydrogen-bond donors (Lipinski definition) is 1. The van der Waals surface area contributed by atoms with Crippen LogP contribution in [0.2, 0.25) is 0 Å². The first-order valence-electron chi connectivity index (χ1n) is 2.79. The molecule has 0 fully saturated rings. The number of nitrogens with one attached hydrogen (secondary N) is 1. The molecule has 50 valence electrons. The Bertz CT molecular complexity index is 403. The van der Waals surface area contributed by atoms with Crippen molar-refractivity contribution in [2.75, 3.05) is 0 Å². The largest absolute Gasteiger partial charge is 0.448 e. The average Bonchev–Trinajstić information content (AvgIpc) is 2.36. The van der Waals surface area contributed by atoms with Gasteiger partial charge in [0.2, 0.25) is 5.71 Å². The Balaban J connectivity index is 3.09. The summed E-state index contributed by atoms with van der Waals surface area (Å²) in [4.78, 5) is 6.71. The van der Waals surface area contributed by atoms with E-state index in [0.29, 0.717) is 10.4 Å². The summed E-state index contributed by atoms with van der Waals surface area (Å²) in [5.41, 5.74) is 0.681. The van der Waals surface area contributed by atoms with Gasteiger partial charge in [0.25, 0.3) is 0 Å². The Kier molecular flexibility index (Phi) is 1.07. The molecule has 0 amide bonds. The van der Waals surface area contributed by atoms with Crippen molar-refractivity contribution >= 4 is 23.3 Å². The molecule has 2 rings (SSSR count). The summed E-state index contributed by atoms with van der Waals surface area (Å²) < 4.78 is 5.61. The SMILES string of the molecule is S=c1nc[nH]c2occc12. The van der Waals surface area contributed by atoms with Gasteiger partial charge in [0, 0.05) is 0 Å². The molecule has 1 N–H and O–H groups in total. The highest BCUT2D eigenvalue weighted by atomic mass is 32.1. The van der Waals surface area contributed by atoms with Crippen LogP contribution in [0.25, 0.3) is 11.1 Å². The Morgan fingerprint density at radius 2 is 2.50 bits per heavy atom. The van der Waals surface area contributed by atoms with E-state index in [1.165, 1.54) is 6.33 Å². The molecular formula is C6H4N2OS. The third kappa shape index (κ3) is 0.657. The van der Waals surface area contributed by atoms with Crippen molar-refractivity contribution in [2.45, 2.75) is 0 Å². The predicted molar refractivity (Wildman–Crippen MR) is 39.2 cm³/mol. The monoisotopic (exact) mass is 152 g/mol. The predicted octanol–water partition coefficient (Wildman–Crippen LogP) is 1.89. The summed E-state index contributed by atoms with van der Waals surface area (Å²) in [6.45, 7) is 0. The van der Waals surface area contributed by atoms with Gasteiger partial charge in [-0.25, -0.2) is 4.98 Å². The molecule has 0 aromatic carbocycles. The molecule has 2 aromatic rings. The standard InChI is InChI=1S/C6H4N2OS/c10-6-4-1-2-9-5(4)7-3-8-6/h1-3H,(H,7,8,10). The molecule has 0 aliphatic carbocycles. The highest BCUT2D eigenvalue weighted by Gasteiger charge is 1.95. The van der Waals surface area contributed by atoms with Crippen LogP contribution in [0.15, 0.2) is 23.1 Å². The number of rotatable bonds is 0. The van der Waals surface area contributed by atoms with Gasteiger partial charge in [-0.05, 0) is 6.07 Å². The second-order valence-electron chi connectivity index (χ2n) is 1.87. The zero-order valence-electron chi connectivity index (χ0n) is 5.00. The van der Waals surface area contributed by atoms with Crippen molar-refractivity contribution in [3.63, 3.8) is 0 Å². The van der Waals surface area contributed by atoms with Crippen molar-refractivity contribution in [3.05, 3.63) is 23.3 Å². The normalized spacial score (nSPS) is 10.4. The van der Waals surface area contributed by atoms with E-state index in [1.807, 2.05) is 0 Å². The molecular weight excluding hydrogens is 148 g/mol. The molecule has 0 aliphatic heterocycles. The van der Waals surface area contributed by atoms with E-state index >= 15 is 0 Å². The maximum absolute atomic E-state index is 5.04. The van der Waals surface area contributed by atoms with E-state index in [1.54, 1.807) is 12.3 Å². The number of aromatic amines is 1. The van der Waals surface area contributed by atoms with Gasteiger partial charge in [-0.15, -0.1) is 0 Å². The fourth-order valence-corrected chi connectivity index (χ4v) is 1.02. The van der Waals surface area contributed by atoms with Gasteiger partial charge in [0.15, 0.2) is 0 Å². The Hall–Kier alpha value is -1.16. The molecule has 0 atom stereocenters. The number of fused-ring (bicyclic) bond motifs is 1. The van der Waals surface area contributed by atoms with Gasteiger partial charge in [-0.3, -0.25) is 0 Å². The van der Waals surface area contributed by atoms with E-state index in [-0.39, 0.29) is 0 Å². The zero-order valence-corrected chi connectivity index (χ0v) is 5.81. The molecule has 0 spiro atoms. The second kappa shape index (κ2) is 1.91. The minimum Gasteiger partial charge on any atom is -0.448 e. The third-order valence-corrected chi connectivity index (χ3v) is 1.60. The summed E-state index contributed by atoms with van der Waals surface area (Å²) in [7, 11) is 0. The molecule has 2 heterocycles. The summed E-state index contributed by atoms with van der Waals surface area (Å²) >= 11 is 4.92. The Morgan fingerprint density at radius 3 is 3.30 bits per heavy atom. The fourth-order valence-electron chi connectivity index (χ4n) is 0.809. The van der Waals surface area contributed by atoms with Gasteiger partial charge in [-0.1, -0.05) is 12.2 Å². The van der Waals surface area contributed by atoms with Crippen molar-refractivity contribution in [2.24, 2.45) is 0 Å². The second-order valence-corrected chi connectivity index (χ2v) is 2.26. The van der Waals surface area contributed by atoms with Crippen molar-refractivity contribution in [3.8, 4) is 0 Å². The summed E-state index contributed by atoms with van der Waals surface area (Å²) in [5, 5.41) is 0.859. The van der Waals surface area contributed by atoms with Gasteiger partial charge >= 0.3 is 0 Å². The van der Waals surface area contributed by atoms with Crippen LogP contribution in [-0.4, -0.2) is 9.97 Å². The highest BCUT2D eigenvalue weighted by Crippen LogP contribution is 2.10. The molecule has 0 aliphatic rings. The molecule has 4 heteroatoms. The summed E-state index contributed by atoms with van der Waals surface area (Å²) in [5.74, 6) is 0. The maximum atomic E-state index is 5.04. The molecule has 0 unspecified atom stereocenters. The summed E-state index contributed by atoms with van der Waals surface area (Å²) in [6.07, 6.45) is 3.10. The number of hydrogen-bond acceptors (Lipinski definition) is 3. The summed E-state index contributed by atoms with van der Waals surface area (Å²) in [6, 6.07) is 1.79. The molecule has 3 nitrogen and oxygen atoms in total. The quantitative estimate of drug-likeness (QED) is 0.586. The van der Waals surface area contributed by atoms with E-state index in [4.69, 9.17) is 16.6 Å². The van der Waals surface area contributed by atoms with Gasteiger partial charge in [0.1, 0.15) is 4.64 Å². The first-order valence-corrected chi connectivity index (χ1v) is 3.19. The van der Waals surface area contributed by atoms with Crippen LogP contribution in [0, 0.1) is 4.64 Å². The van der Waals surface area contributed by atoms with Crippen LogP contribution < -0.4 is 0 Å². The first kappa shape index (κ1) is 5.61. The van der Waals surface area contributed by atoms with E-state index in [9.17, 15) is 0 Å². The van der Waals surface area contributed by atoms with Crippen molar-refractivity contribution in [1.82, 2.24) is 9.97 Å². The fraction of sp³-hybridized carbons (Fsp3) is 0. The molecule has 0 bridgehead atoms. The lowest BCUT2D eigenvalue weighted by molar-refractivity contribution is 0.602. The number of nitrogens with zero attached hydrogens (tertiary/aromatic N) is 1. The number of aromatic nitrogens is 2. The maximum Gasteiger partial charge on any atom is 0.208 e. The minimum absolute atomic E-state index is 0.572. The van der Waals surface area contributed by atoms with Crippen molar-refractivity contribution < 1.29 is 4.42 Å². The lowest BCUT2D eigenvalue weighted by Gasteiger charge is -1.84. The molecule has 0 saturated carbocycles.